The molecule has 6 nitrogen and oxygen atoms in total. The van der Waals surface area contributed by atoms with Gasteiger partial charge in [-0.25, -0.2) is 31.1 Å². The molecular weight excluding hydrogens is 443 g/mol. The first kappa shape index (κ1) is 22.6. The lowest BCUT2D eigenvalue weighted by molar-refractivity contribution is -0.114. The second kappa shape index (κ2) is 8.40. The van der Waals surface area contributed by atoms with Crippen molar-refractivity contribution in [1.29, 1.82) is 0 Å². The van der Waals surface area contributed by atoms with Crippen molar-refractivity contribution < 1.29 is 26.4 Å². The van der Waals surface area contributed by atoms with Gasteiger partial charge in [-0.2, -0.15) is 0 Å². The molecule has 2 fully saturated rings. The number of carbonyl (C=O) groups excluding carboxylic acids is 1. The van der Waals surface area contributed by atoms with E-state index in [2.05, 4.69) is 4.72 Å². The van der Waals surface area contributed by atoms with Gasteiger partial charge in [0.25, 0.3) is 5.92 Å². The number of urea groups is 1. The molecule has 0 spiro atoms. The quantitative estimate of drug-likeness (QED) is 0.735. The molecule has 0 saturated carbocycles. The van der Waals surface area contributed by atoms with E-state index in [9.17, 15) is 26.4 Å². The van der Waals surface area contributed by atoms with Gasteiger partial charge in [0.05, 0.1) is 25.4 Å². The highest BCUT2D eigenvalue weighted by molar-refractivity contribution is 7.88. The Hall–Kier alpha value is -2.59. The summed E-state index contributed by atoms with van der Waals surface area (Å²) < 4.78 is 66.5. The molecule has 1 N–H and O–H groups in total. The van der Waals surface area contributed by atoms with E-state index in [-0.39, 0.29) is 12.4 Å². The van der Waals surface area contributed by atoms with Gasteiger partial charge in [0.2, 0.25) is 10.0 Å². The van der Waals surface area contributed by atoms with Crippen LogP contribution in [0.3, 0.4) is 0 Å². The Balaban J connectivity index is 1.58. The van der Waals surface area contributed by atoms with Crippen molar-refractivity contribution in [1.82, 2.24) is 14.5 Å². The largest absolute Gasteiger partial charge is 0.320 e. The van der Waals surface area contributed by atoms with Gasteiger partial charge < -0.3 is 9.80 Å². The number of halogens is 3. The van der Waals surface area contributed by atoms with Crippen molar-refractivity contribution in [3.63, 3.8) is 0 Å². The third-order valence-corrected chi connectivity index (χ3v) is 6.53. The maximum Gasteiger partial charge on any atom is 0.320 e. The topological polar surface area (TPSA) is 69.7 Å². The molecule has 10 heteroatoms. The average molecular weight is 468 g/mol. The Morgan fingerprint density at radius 1 is 1.12 bits per heavy atom. The normalized spacial score (nSPS) is 22.6. The zero-order valence-corrected chi connectivity index (χ0v) is 18.3. The van der Waals surface area contributed by atoms with Crippen LogP contribution in [-0.2, 0) is 16.4 Å². The maximum atomic E-state index is 13.6. The molecular formula is C22H24F3N3O3S. The van der Waals surface area contributed by atoms with E-state index >= 15 is 0 Å². The van der Waals surface area contributed by atoms with Crippen molar-refractivity contribution in [2.24, 2.45) is 0 Å². The molecule has 0 aromatic heterocycles. The van der Waals surface area contributed by atoms with E-state index < -0.39 is 47.2 Å². The summed E-state index contributed by atoms with van der Waals surface area (Å²) >= 11 is 0. The number of amides is 2. The summed E-state index contributed by atoms with van der Waals surface area (Å²) in [6.07, 6.45) is 1.76. The lowest BCUT2D eigenvalue weighted by atomic mass is 9.97. The van der Waals surface area contributed by atoms with Gasteiger partial charge in [0.15, 0.2) is 0 Å². The van der Waals surface area contributed by atoms with Gasteiger partial charge in [0.1, 0.15) is 5.82 Å². The van der Waals surface area contributed by atoms with Crippen LogP contribution in [0.1, 0.15) is 12.0 Å². The number of sulfonamides is 1. The van der Waals surface area contributed by atoms with Crippen molar-refractivity contribution in [3.8, 4) is 11.1 Å². The third-order valence-electron chi connectivity index (χ3n) is 5.80. The van der Waals surface area contributed by atoms with Crippen LogP contribution in [0.4, 0.5) is 18.0 Å². The smallest absolute Gasteiger partial charge is 0.320 e. The monoisotopic (exact) mass is 467 g/mol. The van der Waals surface area contributed by atoms with E-state index in [1.807, 2.05) is 24.3 Å². The standard InChI is InChI=1S/C22H24F3N3O3S/c1-32(30,31)26-19-8-9-28(21(29)27-13-22(24,25)14-27)20(19)11-15-4-2-5-16(10-15)17-6-3-7-18(23)12-17/h2-7,10,12,19-20,26H,8-9,11,13-14H2,1H3/t19?,20-/m0/s1. The van der Waals surface area contributed by atoms with Crippen LogP contribution in [0.25, 0.3) is 11.1 Å². The van der Waals surface area contributed by atoms with E-state index in [0.717, 1.165) is 22.3 Å². The van der Waals surface area contributed by atoms with Crippen molar-refractivity contribution in [2.45, 2.75) is 30.8 Å². The fourth-order valence-electron chi connectivity index (χ4n) is 4.37. The number of likely N-dealkylation sites (tertiary alicyclic amines) is 2. The summed E-state index contributed by atoms with van der Waals surface area (Å²) in [7, 11) is -3.53. The van der Waals surface area contributed by atoms with Crippen LogP contribution in [0.15, 0.2) is 48.5 Å². The van der Waals surface area contributed by atoms with Gasteiger partial charge in [-0.15, -0.1) is 0 Å². The Labute approximate surface area is 185 Å². The van der Waals surface area contributed by atoms with Gasteiger partial charge in [-0.3, -0.25) is 0 Å². The molecule has 2 aliphatic rings. The van der Waals surface area contributed by atoms with Crippen LogP contribution in [-0.4, -0.2) is 68.1 Å². The number of carbonyl (C=O) groups is 1. The molecule has 2 aliphatic heterocycles. The van der Waals surface area contributed by atoms with Crippen LogP contribution in [0.5, 0.6) is 0 Å². The molecule has 172 valence electrons. The first-order valence-electron chi connectivity index (χ1n) is 10.3. The van der Waals surface area contributed by atoms with E-state index in [1.54, 1.807) is 12.1 Å². The second-order valence-electron chi connectivity index (χ2n) is 8.46. The molecule has 2 aromatic carbocycles. The van der Waals surface area contributed by atoms with Crippen molar-refractivity contribution >= 4 is 16.1 Å². The minimum absolute atomic E-state index is 0.266. The van der Waals surface area contributed by atoms with Gasteiger partial charge in [-0.1, -0.05) is 36.4 Å². The fourth-order valence-corrected chi connectivity index (χ4v) is 5.20. The first-order chi connectivity index (χ1) is 15.0. The Kier molecular flexibility index (Phi) is 5.93. The number of hydrogen-bond acceptors (Lipinski definition) is 3. The van der Waals surface area contributed by atoms with Crippen LogP contribution in [0.2, 0.25) is 0 Å². The average Bonchev–Trinajstić information content (AvgIpc) is 3.06. The summed E-state index contributed by atoms with van der Waals surface area (Å²) in [4.78, 5) is 15.4. The number of nitrogens with zero attached hydrogens (tertiary/aromatic N) is 2. The highest BCUT2D eigenvalue weighted by Gasteiger charge is 2.49. The minimum Gasteiger partial charge on any atom is -0.320 e. The van der Waals surface area contributed by atoms with Crippen LogP contribution < -0.4 is 4.72 Å². The van der Waals surface area contributed by atoms with Crippen molar-refractivity contribution in [3.05, 3.63) is 59.9 Å². The van der Waals surface area contributed by atoms with E-state index in [4.69, 9.17) is 0 Å². The maximum absolute atomic E-state index is 13.6. The number of nitrogens with one attached hydrogen (secondary N) is 1. The lowest BCUT2D eigenvalue weighted by Gasteiger charge is -2.42. The number of benzene rings is 2. The summed E-state index contributed by atoms with van der Waals surface area (Å²) in [5.41, 5.74) is 2.30. The summed E-state index contributed by atoms with van der Waals surface area (Å²) in [5.74, 6) is -3.24. The zero-order chi connectivity index (χ0) is 23.1. The molecule has 2 atom stereocenters. The molecule has 2 saturated heterocycles. The molecule has 0 radical (unpaired) electrons. The van der Waals surface area contributed by atoms with Crippen LogP contribution in [0, 0.1) is 5.82 Å². The van der Waals surface area contributed by atoms with Gasteiger partial charge >= 0.3 is 6.03 Å². The molecule has 4 rings (SSSR count). The van der Waals surface area contributed by atoms with E-state index in [0.29, 0.717) is 18.4 Å². The Bertz CT molecular complexity index is 1120. The number of rotatable bonds is 5. The number of alkyl halides is 2. The molecule has 2 heterocycles. The SMILES string of the molecule is CS(=O)(=O)NC1CCN(C(=O)N2CC(F)(F)C2)[C@H]1Cc1cccc(-c2cccc(F)c2)c1. The lowest BCUT2D eigenvalue weighted by Crippen LogP contribution is -2.62. The first-order valence-corrected chi connectivity index (χ1v) is 12.2. The Morgan fingerprint density at radius 3 is 2.41 bits per heavy atom. The van der Waals surface area contributed by atoms with Gasteiger partial charge in [-0.05, 0) is 41.7 Å². The molecule has 1 unspecified atom stereocenters. The molecule has 0 aliphatic carbocycles. The predicted octanol–water partition coefficient (Wildman–Crippen LogP) is 3.10. The highest BCUT2D eigenvalue weighted by Crippen LogP contribution is 2.31. The minimum atomic E-state index is -3.53. The number of hydrogen-bond donors (Lipinski definition) is 1. The molecule has 2 amide bonds. The van der Waals surface area contributed by atoms with Crippen molar-refractivity contribution in [2.75, 3.05) is 25.9 Å². The summed E-state index contributed by atoms with van der Waals surface area (Å²) in [6, 6.07) is 12.0. The zero-order valence-electron chi connectivity index (χ0n) is 17.5. The molecule has 32 heavy (non-hydrogen) atoms. The highest BCUT2D eigenvalue weighted by atomic mass is 32.2. The Morgan fingerprint density at radius 2 is 1.78 bits per heavy atom. The fraction of sp³-hybridized carbons (Fsp3) is 0.409. The predicted molar refractivity (Wildman–Crippen MR) is 114 cm³/mol. The summed E-state index contributed by atoms with van der Waals surface area (Å²) in [5, 5.41) is 0. The van der Waals surface area contributed by atoms with E-state index in [1.165, 1.54) is 17.0 Å². The summed E-state index contributed by atoms with van der Waals surface area (Å²) in [6.45, 7) is -0.995. The third kappa shape index (κ3) is 5.07. The molecule has 2 aromatic rings. The van der Waals surface area contributed by atoms with Crippen LogP contribution >= 0.6 is 0 Å². The second-order valence-corrected chi connectivity index (χ2v) is 10.2. The molecule has 0 bridgehead atoms. The van der Waals surface area contributed by atoms with Gasteiger partial charge in [0, 0.05) is 12.6 Å².